The van der Waals surface area contributed by atoms with Crippen molar-refractivity contribution in [1.29, 1.82) is 0 Å². The monoisotopic (exact) mass is 228 g/mol. The van der Waals surface area contributed by atoms with Crippen LogP contribution < -0.4 is 0 Å². The molecule has 2 aliphatic carbocycles. The van der Waals surface area contributed by atoms with Crippen LogP contribution in [0.3, 0.4) is 0 Å². The number of aryl methyl sites for hydroxylation is 1. The molecule has 90 valence electrons. The summed E-state index contributed by atoms with van der Waals surface area (Å²) >= 11 is 0. The van der Waals surface area contributed by atoms with Gasteiger partial charge < -0.3 is 0 Å². The fourth-order valence-electron chi connectivity index (χ4n) is 3.21. The highest BCUT2D eigenvalue weighted by molar-refractivity contribution is 5.82. The van der Waals surface area contributed by atoms with Crippen molar-refractivity contribution in [3.63, 3.8) is 0 Å². The topological polar surface area (TPSA) is 17.1 Å². The Bertz CT molecular complexity index is 417. The van der Waals surface area contributed by atoms with E-state index in [0.717, 1.165) is 19.3 Å². The molecule has 1 saturated carbocycles. The first kappa shape index (κ1) is 11.0. The van der Waals surface area contributed by atoms with Gasteiger partial charge in [-0.1, -0.05) is 30.7 Å². The van der Waals surface area contributed by atoms with E-state index in [4.69, 9.17) is 0 Å². The molecule has 0 saturated heterocycles. The molecule has 17 heavy (non-hydrogen) atoms. The van der Waals surface area contributed by atoms with Gasteiger partial charge in [0.2, 0.25) is 0 Å². The smallest absolute Gasteiger partial charge is 0.136 e. The van der Waals surface area contributed by atoms with Crippen LogP contribution in [0.15, 0.2) is 24.3 Å². The second-order valence-electron chi connectivity index (χ2n) is 5.59. The lowest BCUT2D eigenvalue weighted by Gasteiger charge is -2.29. The number of carbonyl (C=O) groups excluding carboxylic acids is 1. The maximum absolute atomic E-state index is 12.1. The van der Waals surface area contributed by atoms with Crippen LogP contribution in [-0.4, -0.2) is 5.78 Å². The molecule has 0 aromatic heterocycles. The van der Waals surface area contributed by atoms with Crippen molar-refractivity contribution in [2.24, 2.45) is 5.92 Å². The molecule has 0 N–H and O–H groups in total. The minimum atomic E-state index is 0.407. The number of carbonyl (C=O) groups is 1. The van der Waals surface area contributed by atoms with Crippen LogP contribution >= 0.6 is 0 Å². The van der Waals surface area contributed by atoms with Gasteiger partial charge in [-0.2, -0.15) is 0 Å². The lowest BCUT2D eigenvalue weighted by molar-refractivity contribution is -0.125. The van der Waals surface area contributed by atoms with E-state index in [0.29, 0.717) is 17.6 Å². The molecule has 1 aromatic rings. The third-order valence-electron chi connectivity index (χ3n) is 4.50. The zero-order valence-corrected chi connectivity index (χ0v) is 10.3. The van der Waals surface area contributed by atoms with E-state index < -0.39 is 0 Å². The Morgan fingerprint density at radius 3 is 2.71 bits per heavy atom. The largest absolute Gasteiger partial charge is 0.299 e. The highest BCUT2D eigenvalue weighted by atomic mass is 16.1. The van der Waals surface area contributed by atoms with Crippen molar-refractivity contribution in [3.8, 4) is 0 Å². The number of Topliss-reactive ketones (excluding diaryl/α,β-unsaturated/α-hetero) is 1. The number of benzene rings is 1. The lowest BCUT2D eigenvalue weighted by Crippen LogP contribution is -2.24. The van der Waals surface area contributed by atoms with Crippen molar-refractivity contribution in [2.75, 3.05) is 0 Å². The molecule has 1 fully saturated rings. The highest BCUT2D eigenvalue weighted by Gasteiger charge is 2.29. The molecule has 1 aromatic carbocycles. The maximum Gasteiger partial charge on any atom is 0.136 e. The van der Waals surface area contributed by atoms with E-state index in [2.05, 4.69) is 24.3 Å². The van der Waals surface area contributed by atoms with E-state index in [9.17, 15) is 4.79 Å². The first-order chi connectivity index (χ1) is 8.34. The third kappa shape index (κ3) is 2.15. The second kappa shape index (κ2) is 4.64. The van der Waals surface area contributed by atoms with Gasteiger partial charge >= 0.3 is 0 Å². The summed E-state index contributed by atoms with van der Waals surface area (Å²) in [6, 6.07) is 8.70. The Morgan fingerprint density at radius 2 is 1.94 bits per heavy atom. The molecule has 1 atom stereocenters. The van der Waals surface area contributed by atoms with Crippen LogP contribution in [0.25, 0.3) is 0 Å². The molecule has 0 heterocycles. The van der Waals surface area contributed by atoms with E-state index in [1.807, 2.05) is 0 Å². The van der Waals surface area contributed by atoms with Gasteiger partial charge in [-0.15, -0.1) is 0 Å². The molecule has 0 radical (unpaired) electrons. The summed E-state index contributed by atoms with van der Waals surface area (Å²) in [5, 5.41) is 0. The minimum absolute atomic E-state index is 0.407. The SMILES string of the molecule is O=C(CC1CCCc2ccccc21)C1CCC1. The Hall–Kier alpha value is -1.11. The average Bonchev–Trinajstić information content (AvgIpc) is 2.27. The number of hydrogen-bond donors (Lipinski definition) is 0. The van der Waals surface area contributed by atoms with Crippen LogP contribution in [0.5, 0.6) is 0 Å². The van der Waals surface area contributed by atoms with Crippen LogP contribution in [0.2, 0.25) is 0 Å². The molecule has 0 amide bonds. The van der Waals surface area contributed by atoms with E-state index in [1.165, 1.54) is 36.8 Å². The normalized spacial score (nSPS) is 23.9. The highest BCUT2D eigenvalue weighted by Crippen LogP contribution is 2.37. The zero-order chi connectivity index (χ0) is 11.7. The summed E-state index contributed by atoms with van der Waals surface area (Å²) in [6.07, 6.45) is 8.00. The summed E-state index contributed by atoms with van der Waals surface area (Å²) in [5.41, 5.74) is 2.93. The van der Waals surface area contributed by atoms with Crippen LogP contribution in [0.1, 0.15) is 55.6 Å². The first-order valence-electron chi connectivity index (χ1n) is 6.95. The van der Waals surface area contributed by atoms with E-state index in [-0.39, 0.29) is 0 Å². The molecule has 0 spiro atoms. The molecular formula is C16H20O. The molecule has 1 heteroatoms. The summed E-state index contributed by atoms with van der Waals surface area (Å²) in [4.78, 5) is 12.1. The maximum atomic E-state index is 12.1. The van der Waals surface area contributed by atoms with Gasteiger partial charge in [0.25, 0.3) is 0 Å². The second-order valence-corrected chi connectivity index (χ2v) is 5.59. The summed E-state index contributed by atoms with van der Waals surface area (Å²) in [5.74, 6) is 1.44. The zero-order valence-electron chi connectivity index (χ0n) is 10.3. The van der Waals surface area contributed by atoms with E-state index in [1.54, 1.807) is 0 Å². The molecule has 0 bridgehead atoms. The summed E-state index contributed by atoms with van der Waals surface area (Å²) in [6.45, 7) is 0. The fraction of sp³-hybridized carbons (Fsp3) is 0.562. The lowest BCUT2D eigenvalue weighted by atomic mass is 9.75. The number of rotatable bonds is 3. The van der Waals surface area contributed by atoms with Gasteiger partial charge in [0, 0.05) is 12.3 Å². The first-order valence-corrected chi connectivity index (χ1v) is 6.95. The van der Waals surface area contributed by atoms with Gasteiger partial charge in [-0.05, 0) is 49.1 Å². The Kier molecular flexibility index (Phi) is 3.00. The van der Waals surface area contributed by atoms with Crippen molar-refractivity contribution >= 4 is 5.78 Å². The van der Waals surface area contributed by atoms with Crippen LogP contribution in [0, 0.1) is 5.92 Å². The van der Waals surface area contributed by atoms with Crippen molar-refractivity contribution < 1.29 is 4.79 Å². The summed E-state index contributed by atoms with van der Waals surface area (Å²) in [7, 11) is 0. The molecule has 0 aliphatic heterocycles. The van der Waals surface area contributed by atoms with Gasteiger partial charge in [-0.3, -0.25) is 4.79 Å². The predicted octanol–water partition coefficient (Wildman–Crippen LogP) is 3.87. The molecule has 3 rings (SSSR count). The number of ketones is 1. The Balaban J connectivity index is 1.73. The van der Waals surface area contributed by atoms with Gasteiger partial charge in [-0.25, -0.2) is 0 Å². The summed E-state index contributed by atoms with van der Waals surface area (Å²) < 4.78 is 0. The van der Waals surface area contributed by atoms with E-state index >= 15 is 0 Å². The standard InChI is InChI=1S/C16H20O/c17-16(13-7-4-8-13)11-14-9-3-6-12-5-1-2-10-15(12)14/h1-2,5,10,13-14H,3-4,6-9,11H2. The van der Waals surface area contributed by atoms with Crippen molar-refractivity contribution in [1.82, 2.24) is 0 Å². The average molecular weight is 228 g/mol. The number of hydrogen-bond acceptors (Lipinski definition) is 1. The van der Waals surface area contributed by atoms with Gasteiger partial charge in [0.05, 0.1) is 0 Å². The fourth-order valence-corrected chi connectivity index (χ4v) is 3.21. The Labute approximate surface area is 103 Å². The number of fused-ring (bicyclic) bond motifs is 1. The Morgan fingerprint density at radius 1 is 1.12 bits per heavy atom. The van der Waals surface area contributed by atoms with Crippen molar-refractivity contribution in [3.05, 3.63) is 35.4 Å². The van der Waals surface area contributed by atoms with Crippen LogP contribution in [-0.2, 0) is 11.2 Å². The molecule has 2 aliphatic rings. The molecule has 1 unspecified atom stereocenters. The van der Waals surface area contributed by atoms with Crippen molar-refractivity contribution in [2.45, 2.75) is 50.9 Å². The quantitative estimate of drug-likeness (QED) is 0.767. The molecular weight excluding hydrogens is 208 g/mol. The van der Waals surface area contributed by atoms with Crippen LogP contribution in [0.4, 0.5) is 0 Å². The van der Waals surface area contributed by atoms with Gasteiger partial charge in [0.15, 0.2) is 0 Å². The third-order valence-corrected chi connectivity index (χ3v) is 4.50. The molecule has 1 nitrogen and oxygen atoms in total. The predicted molar refractivity (Wildman–Crippen MR) is 69.1 cm³/mol. The van der Waals surface area contributed by atoms with Gasteiger partial charge in [0.1, 0.15) is 5.78 Å². The minimum Gasteiger partial charge on any atom is -0.299 e.